The molecule has 0 aromatic carbocycles. The molecule has 10 heteroatoms. The molecule has 0 aliphatic carbocycles. The monoisotopic (exact) mass is 526 g/mol. The Kier molecular flexibility index (Phi) is 14.2. The first kappa shape index (κ1) is 27.9. The van der Waals surface area contributed by atoms with Gasteiger partial charge in [-0.25, -0.2) is 0 Å². The fourth-order valence-electron chi connectivity index (χ4n) is 2.69. The lowest BCUT2D eigenvalue weighted by atomic mass is 9.96. The Morgan fingerprint density at radius 2 is 1.69 bits per heavy atom. The van der Waals surface area contributed by atoms with Gasteiger partial charge >= 0.3 is 0 Å². The van der Waals surface area contributed by atoms with E-state index in [1.165, 1.54) is 0 Å². The summed E-state index contributed by atoms with van der Waals surface area (Å²) in [7, 11) is 1.62. The number of hydrogen-bond acceptors (Lipinski definition) is 5. The summed E-state index contributed by atoms with van der Waals surface area (Å²) >= 11 is 0. The molecule has 0 radical (unpaired) electrons. The van der Waals surface area contributed by atoms with Crippen LogP contribution in [0, 0.1) is 5.41 Å². The summed E-state index contributed by atoms with van der Waals surface area (Å²) in [6, 6.07) is 0. The van der Waals surface area contributed by atoms with Crippen molar-refractivity contribution in [2.45, 2.75) is 27.7 Å². The number of carbonyl (C=O) groups excluding carboxylic acids is 2. The predicted octanol–water partition coefficient (Wildman–Crippen LogP) is 0.112. The van der Waals surface area contributed by atoms with Crippen molar-refractivity contribution in [2.24, 2.45) is 10.4 Å². The van der Waals surface area contributed by atoms with Gasteiger partial charge in [0.2, 0.25) is 11.8 Å². The SMILES string of the molecule is CCNC(=NCCNC(=O)C(C)(C)C)N1CCN(CC(=O)NCCOC)CC1.I. The van der Waals surface area contributed by atoms with Gasteiger partial charge in [0, 0.05) is 58.3 Å². The summed E-state index contributed by atoms with van der Waals surface area (Å²) < 4.78 is 4.94. The number of methoxy groups -OCH3 is 1. The molecular formula is C19H39IN6O3. The first-order valence-electron chi connectivity index (χ1n) is 10.1. The van der Waals surface area contributed by atoms with Crippen molar-refractivity contribution in [1.82, 2.24) is 25.8 Å². The minimum absolute atomic E-state index is 0. The van der Waals surface area contributed by atoms with E-state index in [1.54, 1.807) is 7.11 Å². The molecule has 0 spiro atoms. The largest absolute Gasteiger partial charge is 0.383 e. The number of ether oxygens (including phenoxy) is 1. The van der Waals surface area contributed by atoms with E-state index in [1.807, 2.05) is 27.7 Å². The lowest BCUT2D eigenvalue weighted by Gasteiger charge is -2.36. The number of guanidine groups is 1. The Morgan fingerprint density at radius 1 is 1.03 bits per heavy atom. The van der Waals surface area contributed by atoms with Gasteiger partial charge in [0.05, 0.1) is 19.7 Å². The maximum atomic E-state index is 11.9. The van der Waals surface area contributed by atoms with E-state index in [2.05, 4.69) is 30.7 Å². The minimum atomic E-state index is -0.388. The highest BCUT2D eigenvalue weighted by molar-refractivity contribution is 14.0. The molecular weight excluding hydrogens is 487 g/mol. The molecule has 0 bridgehead atoms. The predicted molar refractivity (Wildman–Crippen MR) is 127 cm³/mol. The van der Waals surface area contributed by atoms with Gasteiger partial charge in [-0.3, -0.25) is 19.5 Å². The van der Waals surface area contributed by atoms with Crippen molar-refractivity contribution in [1.29, 1.82) is 0 Å². The molecule has 1 fully saturated rings. The summed E-state index contributed by atoms with van der Waals surface area (Å²) in [6.45, 7) is 14.3. The average molecular weight is 526 g/mol. The van der Waals surface area contributed by atoms with Crippen LogP contribution in [0.5, 0.6) is 0 Å². The maximum absolute atomic E-state index is 11.9. The lowest BCUT2D eigenvalue weighted by molar-refractivity contribution is -0.128. The van der Waals surface area contributed by atoms with E-state index in [0.717, 1.165) is 38.7 Å². The van der Waals surface area contributed by atoms with E-state index < -0.39 is 0 Å². The standard InChI is InChI=1S/C19H38N6O3.HI/c1-6-20-18(23-8-7-22-17(27)19(2,3)4)25-12-10-24(11-13-25)15-16(26)21-9-14-28-5;/h6-15H2,1-5H3,(H,20,23)(H,21,26)(H,22,27);1H. The first-order valence-corrected chi connectivity index (χ1v) is 10.1. The third-order valence-corrected chi connectivity index (χ3v) is 4.34. The van der Waals surface area contributed by atoms with Gasteiger partial charge in [-0.15, -0.1) is 24.0 Å². The van der Waals surface area contributed by atoms with Crippen LogP contribution < -0.4 is 16.0 Å². The molecule has 1 aliphatic rings. The van der Waals surface area contributed by atoms with Crippen LogP contribution >= 0.6 is 24.0 Å². The van der Waals surface area contributed by atoms with E-state index in [9.17, 15) is 9.59 Å². The lowest BCUT2D eigenvalue weighted by Crippen LogP contribution is -2.54. The van der Waals surface area contributed by atoms with Crippen LogP contribution in [0.1, 0.15) is 27.7 Å². The van der Waals surface area contributed by atoms with Crippen LogP contribution in [0.15, 0.2) is 4.99 Å². The van der Waals surface area contributed by atoms with Crippen LogP contribution in [0.2, 0.25) is 0 Å². The highest BCUT2D eigenvalue weighted by atomic mass is 127. The normalized spacial score (nSPS) is 15.5. The second-order valence-electron chi connectivity index (χ2n) is 7.85. The number of hydrogen-bond donors (Lipinski definition) is 3. The van der Waals surface area contributed by atoms with Crippen molar-refractivity contribution in [3.8, 4) is 0 Å². The average Bonchev–Trinajstić information content (AvgIpc) is 2.64. The second kappa shape index (κ2) is 14.8. The molecule has 1 rings (SSSR count). The van der Waals surface area contributed by atoms with Crippen molar-refractivity contribution in [3.05, 3.63) is 0 Å². The van der Waals surface area contributed by atoms with Crippen molar-refractivity contribution in [2.75, 3.05) is 72.6 Å². The van der Waals surface area contributed by atoms with Gasteiger partial charge in [-0.05, 0) is 6.92 Å². The summed E-state index contributed by atoms with van der Waals surface area (Å²) in [5.41, 5.74) is -0.388. The highest BCUT2D eigenvalue weighted by Crippen LogP contribution is 2.11. The zero-order valence-electron chi connectivity index (χ0n) is 18.5. The minimum Gasteiger partial charge on any atom is -0.383 e. The van der Waals surface area contributed by atoms with Crippen LogP contribution in [0.25, 0.3) is 0 Å². The Balaban J connectivity index is 0.00000784. The molecule has 29 heavy (non-hydrogen) atoms. The Morgan fingerprint density at radius 3 is 2.24 bits per heavy atom. The van der Waals surface area contributed by atoms with Gasteiger partial charge in [0.25, 0.3) is 0 Å². The van der Waals surface area contributed by atoms with Crippen LogP contribution in [-0.4, -0.2) is 100 Å². The van der Waals surface area contributed by atoms with Gasteiger partial charge in [-0.2, -0.15) is 0 Å². The third kappa shape index (κ3) is 11.6. The van der Waals surface area contributed by atoms with Gasteiger partial charge in [-0.1, -0.05) is 20.8 Å². The number of piperazine rings is 1. The number of rotatable bonds is 9. The molecule has 1 heterocycles. The fraction of sp³-hybridized carbons (Fsp3) is 0.842. The zero-order chi connectivity index (χ0) is 21.0. The molecule has 0 atom stereocenters. The molecule has 0 saturated carbocycles. The van der Waals surface area contributed by atoms with Gasteiger partial charge < -0.3 is 25.6 Å². The Hall–Kier alpha value is -1.14. The van der Waals surface area contributed by atoms with E-state index in [-0.39, 0.29) is 41.2 Å². The fourth-order valence-corrected chi connectivity index (χ4v) is 2.69. The van der Waals surface area contributed by atoms with Crippen molar-refractivity contribution < 1.29 is 14.3 Å². The summed E-state index contributed by atoms with van der Waals surface area (Å²) in [6.07, 6.45) is 0. The van der Waals surface area contributed by atoms with Crippen LogP contribution in [0.3, 0.4) is 0 Å². The highest BCUT2D eigenvalue weighted by Gasteiger charge is 2.22. The van der Waals surface area contributed by atoms with Crippen LogP contribution in [0.4, 0.5) is 0 Å². The molecule has 2 amide bonds. The van der Waals surface area contributed by atoms with Crippen molar-refractivity contribution >= 4 is 41.8 Å². The van der Waals surface area contributed by atoms with E-state index >= 15 is 0 Å². The van der Waals surface area contributed by atoms with E-state index in [4.69, 9.17) is 4.74 Å². The number of halogens is 1. The van der Waals surface area contributed by atoms with Gasteiger partial charge in [0.15, 0.2) is 5.96 Å². The Bertz CT molecular complexity index is 517. The smallest absolute Gasteiger partial charge is 0.234 e. The van der Waals surface area contributed by atoms with Gasteiger partial charge in [0.1, 0.15) is 0 Å². The van der Waals surface area contributed by atoms with Crippen molar-refractivity contribution in [3.63, 3.8) is 0 Å². The number of nitrogens with zero attached hydrogens (tertiary/aromatic N) is 3. The summed E-state index contributed by atoms with van der Waals surface area (Å²) in [5.74, 6) is 0.919. The third-order valence-electron chi connectivity index (χ3n) is 4.34. The maximum Gasteiger partial charge on any atom is 0.234 e. The molecule has 3 N–H and O–H groups in total. The zero-order valence-corrected chi connectivity index (χ0v) is 20.9. The number of nitrogens with one attached hydrogen (secondary N) is 3. The number of amides is 2. The van der Waals surface area contributed by atoms with E-state index in [0.29, 0.717) is 32.8 Å². The molecule has 0 aromatic heterocycles. The van der Waals surface area contributed by atoms with Crippen LogP contribution in [-0.2, 0) is 14.3 Å². The summed E-state index contributed by atoms with van der Waals surface area (Å²) in [5, 5.41) is 9.08. The molecule has 9 nitrogen and oxygen atoms in total. The number of aliphatic imine (C=N–C) groups is 1. The summed E-state index contributed by atoms with van der Waals surface area (Å²) in [4.78, 5) is 32.8. The molecule has 1 aliphatic heterocycles. The Labute approximate surface area is 192 Å². The molecule has 170 valence electrons. The molecule has 0 unspecified atom stereocenters. The molecule has 1 saturated heterocycles. The quantitative estimate of drug-likeness (QED) is 0.171. The molecule has 0 aromatic rings. The first-order chi connectivity index (χ1) is 13.3. The number of carbonyl (C=O) groups is 2. The second-order valence-corrected chi connectivity index (χ2v) is 7.85. The topological polar surface area (TPSA) is 98.3 Å².